The first-order valence-corrected chi connectivity index (χ1v) is 11.9. The SMILES string of the molecule is Cc1c(Cc2ccc(S(C)(=O)=O)nc2)c2nc(C3CC3)ccc2n1C/C(F)=C/C[NH3+]. The zero-order chi connectivity index (χ0) is 21.5. The third-order valence-electron chi connectivity index (χ3n) is 5.54. The Morgan fingerprint density at radius 3 is 2.67 bits per heavy atom. The minimum absolute atomic E-state index is 0.0555. The zero-order valence-corrected chi connectivity index (χ0v) is 18.0. The van der Waals surface area contributed by atoms with Gasteiger partial charge < -0.3 is 10.3 Å². The molecule has 0 spiro atoms. The zero-order valence-electron chi connectivity index (χ0n) is 17.2. The van der Waals surface area contributed by atoms with Crippen LogP contribution in [0, 0.1) is 6.92 Å². The molecular weight excluding hydrogens is 403 g/mol. The van der Waals surface area contributed by atoms with Crippen molar-refractivity contribution >= 4 is 20.9 Å². The van der Waals surface area contributed by atoms with E-state index in [1.165, 1.54) is 12.1 Å². The minimum Gasteiger partial charge on any atom is -0.354 e. The van der Waals surface area contributed by atoms with E-state index in [9.17, 15) is 12.8 Å². The molecule has 0 radical (unpaired) electrons. The van der Waals surface area contributed by atoms with Crippen LogP contribution in [0.15, 0.2) is 47.4 Å². The van der Waals surface area contributed by atoms with E-state index in [1.54, 1.807) is 12.3 Å². The Bertz CT molecular complexity index is 1230. The first-order chi connectivity index (χ1) is 14.3. The van der Waals surface area contributed by atoms with E-state index in [2.05, 4.69) is 10.7 Å². The number of aromatic nitrogens is 3. The molecule has 6 nitrogen and oxygen atoms in total. The first-order valence-electron chi connectivity index (χ1n) is 10.0. The highest BCUT2D eigenvalue weighted by atomic mass is 32.2. The Labute approximate surface area is 175 Å². The van der Waals surface area contributed by atoms with Crippen LogP contribution >= 0.6 is 0 Å². The number of nitrogens with zero attached hydrogens (tertiary/aromatic N) is 3. The van der Waals surface area contributed by atoms with Gasteiger partial charge in [0.1, 0.15) is 5.83 Å². The van der Waals surface area contributed by atoms with E-state index in [-0.39, 0.29) is 17.4 Å². The lowest BCUT2D eigenvalue weighted by molar-refractivity contribution is -0.353. The Kier molecular flexibility index (Phi) is 5.46. The maximum Gasteiger partial charge on any atom is 0.192 e. The van der Waals surface area contributed by atoms with Crippen LogP contribution in [0.2, 0.25) is 0 Å². The molecule has 3 aromatic heterocycles. The number of sulfone groups is 1. The predicted octanol–water partition coefficient (Wildman–Crippen LogP) is 2.71. The summed E-state index contributed by atoms with van der Waals surface area (Å²) in [6.45, 7) is 2.52. The molecule has 158 valence electrons. The molecule has 0 aliphatic heterocycles. The normalized spacial score (nSPS) is 15.1. The van der Waals surface area contributed by atoms with Crippen molar-refractivity contribution in [2.45, 2.75) is 43.7 Å². The van der Waals surface area contributed by atoms with Crippen LogP contribution in [0.5, 0.6) is 0 Å². The number of hydrogen-bond donors (Lipinski definition) is 1. The molecule has 0 saturated heterocycles. The highest BCUT2D eigenvalue weighted by molar-refractivity contribution is 7.90. The summed E-state index contributed by atoms with van der Waals surface area (Å²) in [6, 6.07) is 7.39. The summed E-state index contributed by atoms with van der Waals surface area (Å²) < 4.78 is 39.6. The summed E-state index contributed by atoms with van der Waals surface area (Å²) >= 11 is 0. The van der Waals surface area contributed by atoms with E-state index in [0.717, 1.165) is 52.6 Å². The average molecular weight is 430 g/mol. The van der Waals surface area contributed by atoms with Crippen LogP contribution in [-0.2, 0) is 22.8 Å². The van der Waals surface area contributed by atoms with Gasteiger partial charge in [0.2, 0.25) is 0 Å². The third-order valence-corrected chi connectivity index (χ3v) is 6.54. The molecule has 1 aliphatic rings. The lowest BCUT2D eigenvalue weighted by Crippen LogP contribution is -2.49. The van der Waals surface area contributed by atoms with E-state index in [0.29, 0.717) is 18.9 Å². The summed E-state index contributed by atoms with van der Waals surface area (Å²) in [6.07, 6.45) is 7.09. The maximum absolute atomic E-state index is 14.3. The molecule has 0 bridgehead atoms. The van der Waals surface area contributed by atoms with Crippen molar-refractivity contribution in [3.05, 3.63) is 64.9 Å². The fourth-order valence-corrected chi connectivity index (χ4v) is 4.31. The number of halogens is 1. The van der Waals surface area contributed by atoms with Crippen molar-refractivity contribution in [3.8, 4) is 0 Å². The lowest BCUT2D eigenvalue weighted by Gasteiger charge is -2.07. The molecule has 1 fully saturated rings. The Hall–Kier alpha value is -2.58. The molecule has 3 N–H and O–H groups in total. The topological polar surface area (TPSA) is 92.5 Å². The highest BCUT2D eigenvalue weighted by Crippen LogP contribution is 2.40. The van der Waals surface area contributed by atoms with Gasteiger partial charge in [-0.15, -0.1) is 0 Å². The summed E-state index contributed by atoms with van der Waals surface area (Å²) in [4.78, 5) is 9.03. The largest absolute Gasteiger partial charge is 0.354 e. The second kappa shape index (κ2) is 7.92. The van der Waals surface area contributed by atoms with Gasteiger partial charge in [-0.05, 0) is 43.5 Å². The van der Waals surface area contributed by atoms with Gasteiger partial charge in [0, 0.05) is 47.8 Å². The molecule has 0 amide bonds. The van der Waals surface area contributed by atoms with E-state index >= 15 is 0 Å². The van der Waals surface area contributed by atoms with Crippen molar-refractivity contribution in [1.82, 2.24) is 14.5 Å². The molecule has 0 unspecified atom stereocenters. The van der Waals surface area contributed by atoms with Gasteiger partial charge in [-0.1, -0.05) is 6.07 Å². The van der Waals surface area contributed by atoms with E-state index in [1.807, 2.05) is 23.6 Å². The molecule has 0 aromatic carbocycles. The third kappa shape index (κ3) is 4.15. The molecule has 8 heteroatoms. The lowest BCUT2D eigenvalue weighted by atomic mass is 10.1. The number of pyridine rings is 2. The van der Waals surface area contributed by atoms with Gasteiger partial charge in [0.05, 0.1) is 24.1 Å². The second-order valence-electron chi connectivity index (χ2n) is 7.92. The average Bonchev–Trinajstić information content (AvgIpc) is 3.51. The van der Waals surface area contributed by atoms with Gasteiger partial charge >= 0.3 is 0 Å². The summed E-state index contributed by atoms with van der Waals surface area (Å²) in [7, 11) is -3.34. The van der Waals surface area contributed by atoms with Crippen LogP contribution in [0.4, 0.5) is 4.39 Å². The van der Waals surface area contributed by atoms with Gasteiger partial charge in [0.25, 0.3) is 0 Å². The first kappa shape index (κ1) is 20.7. The molecule has 1 aliphatic carbocycles. The molecule has 3 aromatic rings. The number of fused-ring (bicyclic) bond motifs is 1. The van der Waals surface area contributed by atoms with Crippen molar-refractivity contribution in [2.75, 3.05) is 12.8 Å². The summed E-state index contributed by atoms with van der Waals surface area (Å²) in [5.41, 5.74) is 9.41. The Morgan fingerprint density at radius 2 is 2.07 bits per heavy atom. The van der Waals surface area contributed by atoms with Crippen LogP contribution in [0.1, 0.15) is 41.3 Å². The van der Waals surface area contributed by atoms with Crippen LogP contribution in [0.25, 0.3) is 11.0 Å². The fourth-order valence-electron chi connectivity index (χ4n) is 3.75. The van der Waals surface area contributed by atoms with E-state index in [4.69, 9.17) is 4.98 Å². The number of rotatable bonds is 7. The molecule has 0 atom stereocenters. The molecule has 3 heterocycles. The van der Waals surface area contributed by atoms with Crippen LogP contribution in [-0.4, -0.2) is 35.8 Å². The Morgan fingerprint density at radius 1 is 1.30 bits per heavy atom. The van der Waals surface area contributed by atoms with Gasteiger partial charge in [-0.2, -0.15) is 0 Å². The van der Waals surface area contributed by atoms with Gasteiger partial charge in [-0.3, -0.25) is 4.98 Å². The molecule has 4 rings (SSSR count). The number of allylic oxidation sites excluding steroid dienone is 1. The molecule has 30 heavy (non-hydrogen) atoms. The smallest absolute Gasteiger partial charge is 0.192 e. The van der Waals surface area contributed by atoms with Crippen LogP contribution in [0.3, 0.4) is 0 Å². The maximum atomic E-state index is 14.3. The van der Waals surface area contributed by atoms with Gasteiger partial charge in [0.15, 0.2) is 14.9 Å². The van der Waals surface area contributed by atoms with Crippen molar-refractivity contribution in [2.24, 2.45) is 0 Å². The predicted molar refractivity (Wildman–Crippen MR) is 114 cm³/mol. The number of quaternary nitrogens is 1. The summed E-state index contributed by atoms with van der Waals surface area (Å²) in [5.74, 6) is 0.298. The standard InChI is InChI=1S/C22H25FN4O2S/c1-14-18(11-15-3-8-21(25-12-15)30(2,28)29)22-20(27(14)13-17(23)9-10-24)7-6-19(26-22)16-4-5-16/h3,6-9,12,16H,4-5,10-11,13,24H2,1-2H3/p+1/b17-9-. The minimum atomic E-state index is -3.34. The molecular formula is C22H26FN4O2S+. The van der Waals surface area contributed by atoms with Crippen molar-refractivity contribution in [3.63, 3.8) is 0 Å². The fraction of sp³-hybridized carbons (Fsp3) is 0.364. The Balaban J connectivity index is 1.78. The quantitative estimate of drug-likeness (QED) is 0.625. The monoisotopic (exact) mass is 429 g/mol. The summed E-state index contributed by atoms with van der Waals surface area (Å²) in [5, 5.41) is 0.0555. The van der Waals surface area contributed by atoms with Crippen molar-refractivity contribution in [1.29, 1.82) is 0 Å². The van der Waals surface area contributed by atoms with E-state index < -0.39 is 9.84 Å². The van der Waals surface area contributed by atoms with Gasteiger partial charge in [-0.25, -0.2) is 17.8 Å². The van der Waals surface area contributed by atoms with Crippen molar-refractivity contribution < 1.29 is 18.5 Å². The van der Waals surface area contributed by atoms with Crippen LogP contribution < -0.4 is 5.73 Å². The molecule has 1 saturated carbocycles. The second-order valence-corrected chi connectivity index (χ2v) is 9.88. The number of hydrogen-bond acceptors (Lipinski definition) is 4. The highest BCUT2D eigenvalue weighted by Gasteiger charge is 2.26.